The molecule has 0 unspecified atom stereocenters. The van der Waals surface area contributed by atoms with E-state index in [1.165, 1.54) is 25.7 Å². The number of nitrogens with zero attached hydrogens (tertiary/aromatic N) is 3. The molecule has 0 aromatic carbocycles. The predicted molar refractivity (Wildman–Crippen MR) is 77.1 cm³/mol. The molecule has 7 nitrogen and oxygen atoms in total. The van der Waals surface area contributed by atoms with Crippen molar-refractivity contribution in [3.63, 3.8) is 0 Å². The molecule has 0 aliphatic carbocycles. The van der Waals surface area contributed by atoms with E-state index < -0.39 is 4.92 Å². The van der Waals surface area contributed by atoms with Crippen LogP contribution in [0.25, 0.3) is 0 Å². The molecule has 112 valence electrons. The van der Waals surface area contributed by atoms with Crippen LogP contribution in [0.5, 0.6) is 5.88 Å². The van der Waals surface area contributed by atoms with Crippen LogP contribution >= 0.6 is 0 Å². The Bertz CT molecular complexity index is 426. The summed E-state index contributed by atoms with van der Waals surface area (Å²) in [6.07, 6.45) is 7.98. The van der Waals surface area contributed by atoms with Gasteiger partial charge in [0, 0.05) is 7.05 Å². The Morgan fingerprint density at radius 3 is 2.65 bits per heavy atom. The van der Waals surface area contributed by atoms with E-state index >= 15 is 0 Å². The third-order valence-corrected chi connectivity index (χ3v) is 2.89. The summed E-state index contributed by atoms with van der Waals surface area (Å²) in [7, 11) is 1.65. The van der Waals surface area contributed by atoms with Gasteiger partial charge < -0.3 is 10.1 Å². The minimum Gasteiger partial charge on any atom is -0.473 e. The average molecular weight is 282 g/mol. The van der Waals surface area contributed by atoms with Crippen LogP contribution in [0.2, 0.25) is 0 Å². The molecule has 0 aliphatic rings. The molecule has 0 amide bonds. The SMILES string of the molecule is CCCCCCCCOc1nc(NC)ncc1[N+](=O)[O-]. The molecule has 20 heavy (non-hydrogen) atoms. The fourth-order valence-corrected chi connectivity index (χ4v) is 1.76. The standard InChI is InChI=1S/C13H22N4O3/c1-3-4-5-6-7-8-9-20-12-11(17(18)19)10-15-13(14-2)16-12/h10H,3-9H2,1-2H3,(H,14,15,16). The lowest BCUT2D eigenvalue weighted by molar-refractivity contribution is -0.386. The highest BCUT2D eigenvalue weighted by Gasteiger charge is 2.18. The van der Waals surface area contributed by atoms with Crippen molar-refractivity contribution >= 4 is 11.6 Å². The number of nitrogens with one attached hydrogen (secondary N) is 1. The topological polar surface area (TPSA) is 90.2 Å². The van der Waals surface area contributed by atoms with Crippen molar-refractivity contribution in [3.05, 3.63) is 16.3 Å². The van der Waals surface area contributed by atoms with Crippen LogP contribution < -0.4 is 10.1 Å². The van der Waals surface area contributed by atoms with Crippen molar-refractivity contribution in [2.24, 2.45) is 0 Å². The van der Waals surface area contributed by atoms with Gasteiger partial charge in [-0.25, -0.2) is 4.98 Å². The lowest BCUT2D eigenvalue weighted by Gasteiger charge is -2.06. The maximum Gasteiger partial charge on any atom is 0.349 e. The Morgan fingerprint density at radius 1 is 1.30 bits per heavy atom. The summed E-state index contributed by atoms with van der Waals surface area (Å²) in [6.45, 7) is 2.61. The molecule has 0 saturated carbocycles. The summed E-state index contributed by atoms with van der Waals surface area (Å²) in [5, 5.41) is 13.6. The molecule has 0 atom stereocenters. The maximum atomic E-state index is 10.9. The predicted octanol–water partition coefficient (Wildman–Crippen LogP) is 3.17. The Hall–Kier alpha value is -1.92. The molecule has 0 radical (unpaired) electrons. The summed E-state index contributed by atoms with van der Waals surface area (Å²) in [5.41, 5.74) is -0.199. The first-order valence-electron chi connectivity index (χ1n) is 7.01. The lowest BCUT2D eigenvalue weighted by atomic mass is 10.1. The smallest absolute Gasteiger partial charge is 0.349 e. The van der Waals surface area contributed by atoms with Gasteiger partial charge in [0.25, 0.3) is 5.88 Å². The summed E-state index contributed by atoms with van der Waals surface area (Å²) >= 11 is 0. The monoisotopic (exact) mass is 282 g/mol. The highest BCUT2D eigenvalue weighted by Crippen LogP contribution is 2.24. The second kappa shape index (κ2) is 9.06. The molecule has 1 rings (SSSR count). The number of unbranched alkanes of at least 4 members (excludes halogenated alkanes) is 5. The van der Waals surface area contributed by atoms with E-state index in [1.807, 2.05) is 0 Å². The summed E-state index contributed by atoms with van der Waals surface area (Å²) in [4.78, 5) is 18.1. The van der Waals surface area contributed by atoms with Gasteiger partial charge in [-0.15, -0.1) is 0 Å². The Labute approximate surface area is 118 Å². The normalized spacial score (nSPS) is 10.3. The molecule has 0 saturated heterocycles. The third-order valence-electron chi connectivity index (χ3n) is 2.89. The number of hydrogen-bond acceptors (Lipinski definition) is 6. The maximum absolute atomic E-state index is 10.9. The highest BCUT2D eigenvalue weighted by atomic mass is 16.6. The van der Waals surface area contributed by atoms with E-state index in [1.54, 1.807) is 7.05 Å². The molecular weight excluding hydrogens is 260 g/mol. The van der Waals surface area contributed by atoms with E-state index in [2.05, 4.69) is 22.2 Å². The van der Waals surface area contributed by atoms with Gasteiger partial charge >= 0.3 is 5.69 Å². The first-order valence-corrected chi connectivity index (χ1v) is 7.01. The van der Waals surface area contributed by atoms with E-state index in [0.717, 1.165) is 19.0 Å². The Balaban J connectivity index is 2.43. The number of hydrogen-bond donors (Lipinski definition) is 1. The van der Waals surface area contributed by atoms with E-state index in [0.29, 0.717) is 12.6 Å². The van der Waals surface area contributed by atoms with Crippen LogP contribution in [0, 0.1) is 10.1 Å². The molecule has 1 aromatic heterocycles. The third kappa shape index (κ3) is 5.38. The molecular formula is C13H22N4O3. The minimum atomic E-state index is -0.532. The van der Waals surface area contributed by atoms with Crippen molar-refractivity contribution in [3.8, 4) is 5.88 Å². The first kappa shape index (κ1) is 16.1. The zero-order valence-corrected chi connectivity index (χ0v) is 12.1. The molecule has 0 bridgehead atoms. The van der Waals surface area contributed by atoms with Crippen LogP contribution in [-0.2, 0) is 0 Å². The number of nitro groups is 1. The van der Waals surface area contributed by atoms with Crippen molar-refractivity contribution in [1.82, 2.24) is 9.97 Å². The van der Waals surface area contributed by atoms with Crippen molar-refractivity contribution in [2.75, 3.05) is 19.0 Å². The van der Waals surface area contributed by atoms with Gasteiger partial charge in [0.1, 0.15) is 6.20 Å². The molecule has 0 aliphatic heterocycles. The minimum absolute atomic E-state index is 0.0305. The fourth-order valence-electron chi connectivity index (χ4n) is 1.76. The van der Waals surface area contributed by atoms with E-state index in [4.69, 9.17) is 4.74 Å². The number of aromatic nitrogens is 2. The summed E-state index contributed by atoms with van der Waals surface area (Å²) in [6, 6.07) is 0. The van der Waals surface area contributed by atoms with Crippen molar-refractivity contribution < 1.29 is 9.66 Å². The van der Waals surface area contributed by atoms with E-state index in [-0.39, 0.29) is 11.6 Å². The molecule has 0 spiro atoms. The van der Waals surface area contributed by atoms with Gasteiger partial charge in [0.15, 0.2) is 0 Å². The molecule has 1 heterocycles. The van der Waals surface area contributed by atoms with Gasteiger partial charge in [-0.05, 0) is 6.42 Å². The molecule has 0 fully saturated rings. The first-order chi connectivity index (χ1) is 9.69. The highest BCUT2D eigenvalue weighted by molar-refractivity contribution is 5.42. The zero-order chi connectivity index (χ0) is 14.8. The van der Waals surface area contributed by atoms with Crippen molar-refractivity contribution in [1.29, 1.82) is 0 Å². The second-order valence-corrected chi connectivity index (χ2v) is 4.51. The molecule has 7 heteroatoms. The Kier molecular flexibility index (Phi) is 7.31. The number of anilines is 1. The van der Waals surface area contributed by atoms with Crippen LogP contribution in [0.4, 0.5) is 11.6 Å². The van der Waals surface area contributed by atoms with Crippen LogP contribution in [0.3, 0.4) is 0 Å². The van der Waals surface area contributed by atoms with Gasteiger partial charge in [-0.2, -0.15) is 4.98 Å². The quantitative estimate of drug-likeness (QED) is 0.402. The largest absolute Gasteiger partial charge is 0.473 e. The summed E-state index contributed by atoms with van der Waals surface area (Å²) in [5.74, 6) is 0.344. The number of rotatable bonds is 10. The van der Waals surface area contributed by atoms with Crippen LogP contribution in [-0.4, -0.2) is 28.5 Å². The molecule has 1 N–H and O–H groups in total. The van der Waals surface area contributed by atoms with Crippen LogP contribution in [0.1, 0.15) is 45.4 Å². The fraction of sp³-hybridized carbons (Fsp3) is 0.692. The second-order valence-electron chi connectivity index (χ2n) is 4.51. The van der Waals surface area contributed by atoms with Gasteiger partial charge in [-0.3, -0.25) is 10.1 Å². The van der Waals surface area contributed by atoms with Crippen molar-refractivity contribution in [2.45, 2.75) is 45.4 Å². The molecule has 1 aromatic rings. The van der Waals surface area contributed by atoms with Gasteiger partial charge in [-0.1, -0.05) is 39.0 Å². The Morgan fingerprint density at radius 2 is 2.00 bits per heavy atom. The number of ether oxygens (including phenoxy) is 1. The van der Waals surface area contributed by atoms with Gasteiger partial charge in [0.05, 0.1) is 11.5 Å². The van der Waals surface area contributed by atoms with Crippen LogP contribution in [0.15, 0.2) is 6.20 Å². The lowest BCUT2D eigenvalue weighted by Crippen LogP contribution is -2.05. The zero-order valence-electron chi connectivity index (χ0n) is 12.1. The average Bonchev–Trinajstić information content (AvgIpc) is 2.45. The van der Waals surface area contributed by atoms with Gasteiger partial charge in [0.2, 0.25) is 5.95 Å². The summed E-state index contributed by atoms with van der Waals surface area (Å²) < 4.78 is 5.41. The van der Waals surface area contributed by atoms with E-state index in [9.17, 15) is 10.1 Å².